The third kappa shape index (κ3) is 17.4. The molecule has 359 valence electrons. The summed E-state index contributed by atoms with van der Waals surface area (Å²) in [5.41, 5.74) is -2.42. The van der Waals surface area contributed by atoms with Crippen LogP contribution in [0.15, 0.2) is 35.5 Å². The van der Waals surface area contributed by atoms with Crippen molar-refractivity contribution >= 4 is 23.3 Å². The van der Waals surface area contributed by atoms with Gasteiger partial charge in [-0.05, 0) is 54.4 Å². The number of allylic oxidation sites excluding steroid dienone is 6. The summed E-state index contributed by atoms with van der Waals surface area (Å²) in [5, 5.41) is 34.6. The average molecular weight is 1090 g/mol. The van der Waals surface area contributed by atoms with Gasteiger partial charge in [-0.1, -0.05) is 0 Å². The monoisotopic (exact) mass is 1090 g/mol. The van der Waals surface area contributed by atoms with Crippen molar-refractivity contribution in [2.75, 3.05) is 0 Å². The normalized spacial score (nSPS) is 14.8. The molecule has 8 nitrogen and oxygen atoms in total. The van der Waals surface area contributed by atoms with Crippen LogP contribution in [0.1, 0.15) is 67.2 Å². The summed E-state index contributed by atoms with van der Waals surface area (Å²) in [5.74, 6) is -49.1. The van der Waals surface area contributed by atoms with Crippen LogP contribution in [-0.2, 0) is 4.79 Å². The Hall–Kier alpha value is -2.79. The largest absolute Gasteiger partial charge is 0.506 e. The zero-order valence-corrected chi connectivity index (χ0v) is 33.8. The molecule has 61 heavy (non-hydrogen) atoms. The quantitative estimate of drug-likeness (QED) is 0.0447. The molecule has 0 saturated heterocycles. The molecule has 1 radical (unpaired) electrons. The van der Waals surface area contributed by atoms with Gasteiger partial charge in [0.1, 0.15) is 0 Å². The van der Waals surface area contributed by atoms with Crippen LogP contribution in [0.4, 0.5) is 92.2 Å². The van der Waals surface area contributed by atoms with Crippen molar-refractivity contribution in [3.05, 3.63) is 35.5 Å². The third-order valence-electron chi connectivity index (χ3n) is 6.68. The van der Waals surface area contributed by atoms with Gasteiger partial charge in [0.15, 0.2) is 17.3 Å². The molecule has 0 heterocycles. The second-order valence-corrected chi connectivity index (χ2v) is 13.9. The Kier molecular flexibility index (Phi) is 23.1. The fraction of sp³-hybridized carbons (Fsp3) is 0.677. The smallest absolute Gasteiger partial charge is 0.460 e. The van der Waals surface area contributed by atoms with E-state index in [1.54, 1.807) is 0 Å². The minimum atomic E-state index is -6.60. The minimum Gasteiger partial charge on any atom is -0.506 e. The van der Waals surface area contributed by atoms with Crippen LogP contribution in [0.2, 0.25) is 0 Å². The Labute approximate surface area is 370 Å². The molecule has 0 amide bonds. The van der Waals surface area contributed by atoms with Gasteiger partial charge in [-0.2, -0.15) is 92.2 Å². The van der Waals surface area contributed by atoms with Gasteiger partial charge < -0.3 is 20.4 Å². The molecule has 0 rings (SSSR count). The van der Waals surface area contributed by atoms with Crippen LogP contribution in [0.3, 0.4) is 0 Å². The maximum absolute atomic E-state index is 13.0. The van der Waals surface area contributed by atoms with Gasteiger partial charge in [0, 0.05) is 55.8 Å². The van der Waals surface area contributed by atoms with Crippen LogP contribution in [0.5, 0.6) is 0 Å². The predicted molar refractivity (Wildman–Crippen MR) is 166 cm³/mol. The second kappa shape index (κ2) is 21.7. The van der Waals surface area contributed by atoms with E-state index in [2.05, 4.69) is 0 Å². The van der Waals surface area contributed by atoms with E-state index in [1.165, 1.54) is 41.5 Å². The van der Waals surface area contributed by atoms with Gasteiger partial charge in [-0.3, -0.25) is 19.2 Å². The van der Waals surface area contributed by atoms with Gasteiger partial charge in [0.2, 0.25) is 0 Å². The Morgan fingerprint density at radius 2 is 0.639 bits per heavy atom. The van der Waals surface area contributed by atoms with Crippen LogP contribution in [-0.4, -0.2) is 112 Å². The number of rotatable bonds is 14. The summed E-state index contributed by atoms with van der Waals surface area (Å²) in [4.78, 5) is 37.7. The average Bonchev–Trinajstić information content (AvgIpc) is 3.00. The molecule has 7 N–H and O–H groups in total. The Balaban J connectivity index is -0.000000398. The zero-order valence-electron chi connectivity index (χ0n) is 31.4. The zero-order chi connectivity index (χ0) is 49.5. The Bertz CT molecular complexity index is 1530. The number of ketones is 3. The van der Waals surface area contributed by atoms with Crippen molar-refractivity contribution in [2.24, 2.45) is 10.8 Å². The van der Waals surface area contributed by atoms with Crippen molar-refractivity contribution in [2.45, 2.75) is 121 Å². The second-order valence-electron chi connectivity index (χ2n) is 13.9. The molecule has 0 fully saturated rings. The molecule has 0 aliphatic carbocycles. The summed E-state index contributed by atoms with van der Waals surface area (Å²) in [7, 11) is 0. The SMILES string of the molecule is CC(C)(C)C(=[OH+])/C=C(\O)C(F)(F)C(F)(F)C(F)(F)F.CC(C)(C)C(=[OH+])/C=C(\O)C(F)(F)C(F)(F)C(F)(F)F.O=C(O)CCCCC(=[OH+])/C=C(\O)C(F)(F)C(F)(F)C(F)(F)F.[Eu]. The fourth-order valence-electron chi connectivity index (χ4n) is 2.79. The molecule has 0 saturated carbocycles. The van der Waals surface area contributed by atoms with Crippen LogP contribution in [0, 0.1) is 60.2 Å². The van der Waals surface area contributed by atoms with Gasteiger partial charge in [-0.15, -0.1) is 0 Å². The molecule has 0 spiro atoms. The maximum Gasteiger partial charge on any atom is 0.460 e. The van der Waals surface area contributed by atoms with Gasteiger partial charge in [0.05, 0.1) is 35.5 Å². The number of halogens is 21. The first-order valence-electron chi connectivity index (χ1n) is 15.4. The third-order valence-corrected chi connectivity index (χ3v) is 6.68. The van der Waals surface area contributed by atoms with Crippen molar-refractivity contribution in [3.63, 3.8) is 0 Å². The van der Waals surface area contributed by atoms with E-state index in [1.807, 2.05) is 0 Å². The number of carbonyl (C=O) groups excluding carboxylic acids is 3. The minimum absolute atomic E-state index is 0. The van der Waals surface area contributed by atoms with Crippen molar-refractivity contribution in [3.8, 4) is 0 Å². The maximum atomic E-state index is 13.0. The van der Waals surface area contributed by atoms with E-state index in [9.17, 15) is 107 Å². The number of carbonyl (C=O) groups is 1. The summed E-state index contributed by atoms with van der Waals surface area (Å²) in [6.07, 6.45) is -21.3. The van der Waals surface area contributed by atoms with E-state index in [-0.39, 0.29) is 86.9 Å². The molecule has 0 aliphatic heterocycles. The molecule has 0 atom stereocenters. The molecule has 0 aromatic carbocycles. The topological polar surface area (TPSA) is 162 Å². The summed E-state index contributed by atoms with van der Waals surface area (Å²) < 4.78 is 259. The number of alkyl halides is 21. The van der Waals surface area contributed by atoms with Crippen molar-refractivity contribution in [1.29, 1.82) is 0 Å². The van der Waals surface area contributed by atoms with Gasteiger partial charge >= 0.3 is 77.4 Å². The number of aliphatic carboxylic acids is 1. The van der Waals surface area contributed by atoms with Crippen LogP contribution >= 0.6 is 0 Å². The summed E-state index contributed by atoms with van der Waals surface area (Å²) >= 11 is 0. The Morgan fingerprint density at radius 1 is 0.426 bits per heavy atom. The summed E-state index contributed by atoms with van der Waals surface area (Å²) in [6.45, 7) is 7.62. The molecular weight excluding hydrogens is 1050 g/mol. The van der Waals surface area contributed by atoms with Gasteiger partial charge in [0.25, 0.3) is 0 Å². The fourth-order valence-corrected chi connectivity index (χ4v) is 2.79. The first-order chi connectivity index (χ1) is 25.8. The Morgan fingerprint density at radius 3 is 0.836 bits per heavy atom. The number of unbranched alkanes of at least 4 members (excludes halogenated alkanes) is 1. The first-order valence-corrected chi connectivity index (χ1v) is 15.4. The van der Waals surface area contributed by atoms with Crippen molar-refractivity contribution in [1.82, 2.24) is 0 Å². The molecule has 0 aromatic heterocycles. The number of hydrogen-bond acceptors (Lipinski definition) is 4. The molecule has 0 aromatic rings. The molecule has 30 heteroatoms. The number of carboxylic acids is 1. The van der Waals surface area contributed by atoms with E-state index < -0.39 is 112 Å². The van der Waals surface area contributed by atoms with Crippen LogP contribution < -0.4 is 0 Å². The number of aliphatic hydroxyl groups excluding tert-OH is 3. The standard InChI is InChI=1S/C11H11F7O4.2C10H11F7O2.Eu/c12-9(13,10(14,15)11(16,17)18)7(20)5-6(19)3-1-2-4-8(21)22;2*1-7(2,3)5(18)4-6(19)8(11,12)9(13,14)10(15,16)17;/h5,20H,1-4H2,(H,21,22);2*4,19H,1-3H3;/p+3/b7-5-;2*6-4-;. The summed E-state index contributed by atoms with van der Waals surface area (Å²) in [6, 6.07) is 0. The molecule has 0 bridgehead atoms. The number of hydrogen-bond donors (Lipinski definition) is 4. The first kappa shape index (κ1) is 64.8. The van der Waals surface area contributed by atoms with Gasteiger partial charge in [-0.25, -0.2) is 0 Å². The van der Waals surface area contributed by atoms with E-state index in [4.69, 9.17) is 25.2 Å². The molecular formula is C31H36EuF21O8+3. The van der Waals surface area contributed by atoms with E-state index in [0.29, 0.717) is 0 Å². The predicted octanol–water partition coefficient (Wildman–Crippen LogP) is 11.2. The number of aliphatic hydroxyl groups is 3. The molecule has 0 unspecified atom stereocenters. The van der Waals surface area contributed by atoms with E-state index >= 15 is 0 Å². The van der Waals surface area contributed by atoms with E-state index in [0.717, 1.165) is 0 Å². The molecule has 0 aliphatic rings. The van der Waals surface area contributed by atoms with Crippen LogP contribution in [0.25, 0.3) is 0 Å². The number of carboxylic acid groups (broad SMARTS) is 1. The van der Waals surface area contributed by atoms with Crippen molar-refractivity contribution < 1.29 is 181 Å².